The minimum absolute atomic E-state index is 0.0997. The summed E-state index contributed by atoms with van der Waals surface area (Å²) in [5.41, 5.74) is 3.08. The number of hydrogen-bond acceptors (Lipinski definition) is 5. The number of nitrogens with one attached hydrogen (secondary N) is 1. The van der Waals surface area contributed by atoms with Gasteiger partial charge < -0.3 is 0 Å². The van der Waals surface area contributed by atoms with Crippen LogP contribution in [-0.4, -0.2) is 26.7 Å². The molecule has 6 heteroatoms. The third kappa shape index (κ3) is 4.09. The number of rotatable bonds is 6. The van der Waals surface area contributed by atoms with Gasteiger partial charge in [-0.05, 0) is 42.5 Å². The number of carbonyl (C=O) groups excluding carboxylic acids is 1. The lowest BCUT2D eigenvalue weighted by Crippen LogP contribution is -2.03. The Hall–Kier alpha value is -1.92. The van der Waals surface area contributed by atoms with Gasteiger partial charge >= 0.3 is 0 Å². The van der Waals surface area contributed by atoms with Crippen LogP contribution in [0.4, 0.5) is 0 Å². The third-order valence-corrected chi connectivity index (χ3v) is 5.32. The lowest BCUT2D eigenvalue weighted by molar-refractivity contribution is 0.102. The van der Waals surface area contributed by atoms with Crippen LogP contribution in [0.25, 0.3) is 0 Å². The summed E-state index contributed by atoms with van der Waals surface area (Å²) in [6.07, 6.45) is 0.746. The van der Waals surface area contributed by atoms with E-state index in [1.54, 1.807) is 11.3 Å². The van der Waals surface area contributed by atoms with E-state index in [-0.39, 0.29) is 5.78 Å². The summed E-state index contributed by atoms with van der Waals surface area (Å²) >= 11 is 3.06. The van der Waals surface area contributed by atoms with Gasteiger partial charge in [0.05, 0.1) is 5.75 Å². The second-order valence-electron chi connectivity index (χ2n) is 5.33. The molecule has 0 saturated carbocycles. The zero-order valence-corrected chi connectivity index (χ0v) is 14.6. The van der Waals surface area contributed by atoms with Crippen molar-refractivity contribution in [3.63, 3.8) is 0 Å². The van der Waals surface area contributed by atoms with Crippen molar-refractivity contribution in [3.05, 3.63) is 63.1 Å². The van der Waals surface area contributed by atoms with Crippen LogP contribution >= 0.6 is 23.1 Å². The van der Waals surface area contributed by atoms with Gasteiger partial charge in [0.15, 0.2) is 5.78 Å². The summed E-state index contributed by atoms with van der Waals surface area (Å²) in [7, 11) is 0. The van der Waals surface area contributed by atoms with Gasteiger partial charge in [0.2, 0.25) is 5.16 Å². The van der Waals surface area contributed by atoms with Crippen LogP contribution < -0.4 is 0 Å². The molecule has 1 N–H and O–H groups in total. The maximum atomic E-state index is 12.3. The molecule has 0 aliphatic heterocycles. The van der Waals surface area contributed by atoms with E-state index in [0.29, 0.717) is 10.9 Å². The van der Waals surface area contributed by atoms with E-state index >= 15 is 0 Å². The maximum Gasteiger partial charge on any atom is 0.208 e. The molecule has 0 fully saturated rings. The Balaban J connectivity index is 1.58. The summed E-state index contributed by atoms with van der Waals surface area (Å²) in [6, 6.07) is 9.90. The number of Topliss-reactive ketones (excluding diaryl/α,β-unsaturated/α-hetero) is 1. The fourth-order valence-electron chi connectivity index (χ4n) is 2.13. The predicted octanol–water partition coefficient (Wildman–Crippen LogP) is 4.05. The van der Waals surface area contributed by atoms with Crippen molar-refractivity contribution in [1.29, 1.82) is 0 Å². The number of nitrogens with zero attached hydrogens (tertiary/aromatic N) is 2. The van der Waals surface area contributed by atoms with E-state index in [4.69, 9.17) is 0 Å². The van der Waals surface area contributed by atoms with Crippen molar-refractivity contribution in [2.24, 2.45) is 0 Å². The van der Waals surface area contributed by atoms with Crippen molar-refractivity contribution in [2.75, 3.05) is 5.75 Å². The van der Waals surface area contributed by atoms with Gasteiger partial charge in [0, 0.05) is 16.9 Å². The minimum Gasteiger partial charge on any atom is -0.293 e. The van der Waals surface area contributed by atoms with Crippen molar-refractivity contribution < 1.29 is 4.79 Å². The van der Waals surface area contributed by atoms with Gasteiger partial charge in [0.25, 0.3) is 0 Å². The molecule has 0 unspecified atom stereocenters. The van der Waals surface area contributed by atoms with Crippen molar-refractivity contribution in [2.45, 2.75) is 25.4 Å². The third-order valence-electron chi connectivity index (χ3n) is 3.59. The zero-order valence-electron chi connectivity index (χ0n) is 13.0. The molecule has 0 saturated heterocycles. The Bertz CT molecular complexity index is 809. The van der Waals surface area contributed by atoms with Crippen molar-refractivity contribution >= 4 is 28.9 Å². The largest absolute Gasteiger partial charge is 0.293 e. The van der Waals surface area contributed by atoms with Crippen molar-refractivity contribution in [3.8, 4) is 0 Å². The highest BCUT2D eigenvalue weighted by atomic mass is 32.2. The zero-order chi connectivity index (χ0) is 16.2. The predicted molar refractivity (Wildman–Crippen MR) is 94.5 cm³/mol. The Kier molecular flexibility index (Phi) is 4.93. The molecule has 23 heavy (non-hydrogen) atoms. The first kappa shape index (κ1) is 16.0. The first-order valence-electron chi connectivity index (χ1n) is 7.29. The fraction of sp³-hybridized carbons (Fsp3) is 0.235. The molecule has 0 atom stereocenters. The summed E-state index contributed by atoms with van der Waals surface area (Å²) < 4.78 is 0. The van der Waals surface area contributed by atoms with Gasteiger partial charge in [-0.3, -0.25) is 9.89 Å². The number of aromatic amines is 1. The van der Waals surface area contributed by atoms with Crippen LogP contribution in [-0.2, 0) is 6.42 Å². The molecular weight excluding hydrogens is 326 g/mol. The molecular formula is C17H17N3OS2. The van der Waals surface area contributed by atoms with Gasteiger partial charge in [0.1, 0.15) is 5.82 Å². The minimum atomic E-state index is 0.0997. The molecule has 0 radical (unpaired) electrons. The van der Waals surface area contributed by atoms with Crippen molar-refractivity contribution in [1.82, 2.24) is 15.2 Å². The molecule has 118 valence electrons. The Morgan fingerprint density at radius 1 is 1.26 bits per heavy atom. The highest BCUT2D eigenvalue weighted by Crippen LogP contribution is 2.18. The van der Waals surface area contributed by atoms with E-state index in [9.17, 15) is 4.79 Å². The first-order valence-corrected chi connectivity index (χ1v) is 9.15. The molecule has 2 aromatic heterocycles. The number of hydrogen-bond donors (Lipinski definition) is 1. The Morgan fingerprint density at radius 2 is 2.13 bits per heavy atom. The average Bonchev–Trinajstić information content (AvgIpc) is 3.20. The number of ketones is 1. The van der Waals surface area contributed by atoms with Gasteiger partial charge in [-0.2, -0.15) is 0 Å². The second kappa shape index (κ2) is 7.10. The molecule has 0 bridgehead atoms. The van der Waals surface area contributed by atoms with Crippen LogP contribution in [0, 0.1) is 13.8 Å². The molecule has 4 nitrogen and oxygen atoms in total. The first-order chi connectivity index (χ1) is 11.1. The molecule has 3 rings (SSSR count). The summed E-state index contributed by atoms with van der Waals surface area (Å²) in [4.78, 5) is 17.9. The number of H-pyrrole nitrogens is 1. The van der Waals surface area contributed by atoms with Gasteiger partial charge in [-0.1, -0.05) is 30.0 Å². The van der Waals surface area contributed by atoms with E-state index < -0.39 is 0 Å². The molecule has 3 aromatic rings. The average molecular weight is 343 g/mol. The number of aryl methyl sites for hydroxylation is 2. The highest BCUT2D eigenvalue weighted by Gasteiger charge is 2.11. The quantitative estimate of drug-likeness (QED) is 0.542. The number of thioether (sulfide) groups is 1. The molecule has 0 aliphatic rings. The standard InChI is InChI=1S/C17H17N3OS2/c1-11-5-6-13(8-12(11)2)15(21)10-23-17-18-16(19-20-17)9-14-4-3-7-22-14/h3-8H,9-10H2,1-2H3,(H,18,19,20). The molecule has 0 amide bonds. The monoisotopic (exact) mass is 343 g/mol. The molecule has 1 aromatic carbocycles. The van der Waals surface area contributed by atoms with Crippen LogP contribution in [0.2, 0.25) is 0 Å². The summed E-state index contributed by atoms with van der Waals surface area (Å²) in [6.45, 7) is 4.06. The van der Waals surface area contributed by atoms with E-state index in [1.165, 1.54) is 22.2 Å². The SMILES string of the molecule is Cc1ccc(C(=O)CSc2n[nH]c(Cc3cccs3)n2)cc1C. The van der Waals surface area contributed by atoms with E-state index in [0.717, 1.165) is 23.4 Å². The van der Waals surface area contributed by atoms with Crippen LogP contribution in [0.3, 0.4) is 0 Å². The topological polar surface area (TPSA) is 58.6 Å². The van der Waals surface area contributed by atoms with Gasteiger partial charge in [-0.25, -0.2) is 4.98 Å². The Morgan fingerprint density at radius 3 is 2.87 bits per heavy atom. The smallest absolute Gasteiger partial charge is 0.208 e. The summed E-state index contributed by atoms with van der Waals surface area (Å²) in [5, 5.41) is 9.78. The summed E-state index contributed by atoms with van der Waals surface area (Å²) in [5.74, 6) is 1.27. The second-order valence-corrected chi connectivity index (χ2v) is 7.31. The normalized spacial score (nSPS) is 10.9. The maximum absolute atomic E-state index is 12.3. The highest BCUT2D eigenvalue weighted by molar-refractivity contribution is 7.99. The molecule has 0 spiro atoms. The number of carbonyl (C=O) groups is 1. The van der Waals surface area contributed by atoms with E-state index in [1.807, 2.05) is 43.5 Å². The lowest BCUT2D eigenvalue weighted by atomic mass is 10.0. The molecule has 0 aliphatic carbocycles. The van der Waals surface area contributed by atoms with Crippen LogP contribution in [0.1, 0.15) is 32.2 Å². The van der Waals surface area contributed by atoms with E-state index in [2.05, 4.69) is 21.2 Å². The number of aromatic nitrogens is 3. The lowest BCUT2D eigenvalue weighted by Gasteiger charge is -2.03. The van der Waals surface area contributed by atoms with Crippen LogP contribution in [0.15, 0.2) is 40.9 Å². The number of thiophene rings is 1. The van der Waals surface area contributed by atoms with Crippen LogP contribution in [0.5, 0.6) is 0 Å². The number of benzene rings is 1. The fourth-order valence-corrected chi connectivity index (χ4v) is 3.55. The molecule has 2 heterocycles. The Labute approximate surface area is 143 Å². The van der Waals surface area contributed by atoms with Gasteiger partial charge in [-0.15, -0.1) is 16.4 Å².